The van der Waals surface area contributed by atoms with Crippen molar-refractivity contribution in [3.63, 3.8) is 0 Å². The molecule has 5 heteroatoms. The zero-order chi connectivity index (χ0) is 14.0. The largest absolute Gasteiger partial charge is 0.449 e. The van der Waals surface area contributed by atoms with Crippen molar-refractivity contribution in [1.82, 2.24) is 4.90 Å². The molecule has 3 N–H and O–H groups in total. The van der Waals surface area contributed by atoms with E-state index in [0.717, 1.165) is 32.2 Å². The molecule has 0 aromatic rings. The maximum absolute atomic E-state index is 12.7. The highest BCUT2D eigenvalue weighted by Crippen LogP contribution is 2.39. The van der Waals surface area contributed by atoms with E-state index in [2.05, 4.69) is 6.92 Å². The lowest BCUT2D eigenvalue weighted by atomic mass is 9.62. The van der Waals surface area contributed by atoms with E-state index < -0.39 is 13.0 Å². The molecule has 1 saturated heterocycles. The lowest BCUT2D eigenvalue weighted by Gasteiger charge is -2.40. The van der Waals surface area contributed by atoms with Gasteiger partial charge in [0.05, 0.1) is 6.04 Å². The molecule has 19 heavy (non-hydrogen) atoms. The maximum atomic E-state index is 12.7. The van der Waals surface area contributed by atoms with Crippen LogP contribution in [-0.2, 0) is 4.79 Å². The summed E-state index contributed by atoms with van der Waals surface area (Å²) in [6, 6.07) is -0.410. The van der Waals surface area contributed by atoms with Crippen molar-refractivity contribution in [3.8, 4) is 0 Å². The van der Waals surface area contributed by atoms with Gasteiger partial charge in [-0.1, -0.05) is 33.0 Å². The van der Waals surface area contributed by atoms with Crippen molar-refractivity contribution in [3.05, 3.63) is 0 Å². The highest BCUT2D eigenvalue weighted by Gasteiger charge is 2.43. The SMILES string of the molecule is CB(O)[C@@H]1CCCN1C(=O)[C@@H](N)C1(C)CCCCC1. The van der Waals surface area contributed by atoms with Crippen LogP contribution in [0.4, 0.5) is 0 Å². The first kappa shape index (κ1) is 14.9. The smallest absolute Gasteiger partial charge is 0.309 e. The second kappa shape index (κ2) is 5.84. The molecule has 0 bridgehead atoms. The number of rotatable bonds is 3. The standard InChI is InChI=1S/C14H27BN2O2/c1-14(8-4-3-5-9-14)12(16)13(18)17-10-6-7-11(17)15(2)19/h11-12,19H,3-10,16H2,1-2H3/t11-,12+/m0/s1. The van der Waals surface area contributed by atoms with Crippen molar-refractivity contribution in [2.24, 2.45) is 11.1 Å². The topological polar surface area (TPSA) is 66.6 Å². The second-order valence-corrected chi connectivity index (χ2v) is 6.67. The molecule has 108 valence electrons. The van der Waals surface area contributed by atoms with Crippen LogP contribution in [0.3, 0.4) is 0 Å². The fraction of sp³-hybridized carbons (Fsp3) is 0.929. The maximum Gasteiger partial charge on any atom is 0.309 e. The molecule has 0 aromatic heterocycles. The number of nitrogens with zero attached hydrogens (tertiary/aromatic N) is 1. The number of hydrogen-bond acceptors (Lipinski definition) is 3. The van der Waals surface area contributed by atoms with Gasteiger partial charge in [0.15, 0.2) is 0 Å². The van der Waals surface area contributed by atoms with Crippen LogP contribution < -0.4 is 5.73 Å². The Morgan fingerprint density at radius 3 is 2.58 bits per heavy atom. The molecule has 2 aliphatic rings. The number of likely N-dealkylation sites (tertiary alicyclic amines) is 1. The molecule has 4 nitrogen and oxygen atoms in total. The predicted molar refractivity (Wildman–Crippen MR) is 77.7 cm³/mol. The van der Waals surface area contributed by atoms with Crippen LogP contribution in [0.15, 0.2) is 0 Å². The summed E-state index contributed by atoms with van der Waals surface area (Å²) in [5.41, 5.74) is 6.24. The Balaban J connectivity index is 2.05. The fourth-order valence-corrected chi connectivity index (χ4v) is 3.71. The second-order valence-electron chi connectivity index (χ2n) is 6.67. The number of carbonyl (C=O) groups is 1. The zero-order valence-electron chi connectivity index (χ0n) is 12.3. The van der Waals surface area contributed by atoms with Gasteiger partial charge in [-0.2, -0.15) is 0 Å². The summed E-state index contributed by atoms with van der Waals surface area (Å²) >= 11 is 0. The molecule has 1 amide bonds. The predicted octanol–water partition coefficient (Wildman–Crippen LogP) is 1.43. The number of nitrogens with two attached hydrogens (primary N) is 1. The van der Waals surface area contributed by atoms with Crippen LogP contribution in [0.5, 0.6) is 0 Å². The molecular formula is C14H27BN2O2. The van der Waals surface area contributed by atoms with Crippen molar-refractivity contribution in [1.29, 1.82) is 0 Å². The first-order chi connectivity index (χ1) is 8.96. The molecule has 1 aliphatic heterocycles. The molecule has 0 unspecified atom stereocenters. The van der Waals surface area contributed by atoms with Crippen molar-refractivity contribution in [2.45, 2.75) is 70.7 Å². The lowest BCUT2D eigenvalue weighted by molar-refractivity contribution is -0.136. The van der Waals surface area contributed by atoms with Gasteiger partial charge in [-0.25, -0.2) is 0 Å². The third-order valence-corrected chi connectivity index (χ3v) is 5.15. The molecule has 1 aliphatic carbocycles. The van der Waals surface area contributed by atoms with E-state index >= 15 is 0 Å². The first-order valence-corrected chi connectivity index (χ1v) is 7.70. The Bertz CT molecular complexity index is 329. The Morgan fingerprint density at radius 2 is 2.00 bits per heavy atom. The first-order valence-electron chi connectivity index (χ1n) is 7.70. The normalized spacial score (nSPS) is 28.2. The summed E-state index contributed by atoms with van der Waals surface area (Å²) in [5, 5.41) is 9.79. The highest BCUT2D eigenvalue weighted by molar-refractivity contribution is 6.51. The van der Waals surface area contributed by atoms with Crippen molar-refractivity contribution < 1.29 is 9.82 Å². The third-order valence-electron chi connectivity index (χ3n) is 5.15. The molecule has 2 atom stereocenters. The quantitative estimate of drug-likeness (QED) is 0.759. The molecule has 0 radical (unpaired) electrons. The highest BCUT2D eigenvalue weighted by atomic mass is 16.2. The molecule has 1 saturated carbocycles. The summed E-state index contributed by atoms with van der Waals surface area (Å²) in [7, 11) is 0. The van der Waals surface area contributed by atoms with E-state index in [1.165, 1.54) is 19.3 Å². The van der Waals surface area contributed by atoms with Gasteiger partial charge < -0.3 is 15.7 Å². The summed E-state index contributed by atoms with van der Waals surface area (Å²) in [5.74, 6) is 0.0125. The summed E-state index contributed by atoms with van der Waals surface area (Å²) < 4.78 is 0. The van der Waals surface area contributed by atoms with Crippen LogP contribution in [0.1, 0.15) is 51.9 Å². The van der Waals surface area contributed by atoms with Crippen molar-refractivity contribution in [2.75, 3.05) is 6.54 Å². The van der Waals surface area contributed by atoms with Crippen LogP contribution in [0.25, 0.3) is 0 Å². The molecule has 0 spiro atoms. The van der Waals surface area contributed by atoms with E-state index in [0.29, 0.717) is 0 Å². The molecule has 0 aromatic carbocycles. The monoisotopic (exact) mass is 266 g/mol. The molecule has 1 heterocycles. The van der Waals surface area contributed by atoms with E-state index in [1.807, 2.05) is 4.90 Å². The van der Waals surface area contributed by atoms with Crippen LogP contribution in [-0.4, -0.2) is 41.3 Å². The number of hydrogen-bond donors (Lipinski definition) is 2. The van der Waals surface area contributed by atoms with Gasteiger partial charge in [0.2, 0.25) is 5.91 Å². The number of amides is 1. The van der Waals surface area contributed by atoms with E-state index in [9.17, 15) is 9.82 Å². The van der Waals surface area contributed by atoms with E-state index in [4.69, 9.17) is 5.73 Å². The average molecular weight is 266 g/mol. The zero-order valence-corrected chi connectivity index (χ0v) is 12.3. The summed E-state index contributed by atoms with van der Waals surface area (Å²) in [6.07, 6.45) is 7.59. The Kier molecular flexibility index (Phi) is 4.56. The van der Waals surface area contributed by atoms with Crippen molar-refractivity contribution >= 4 is 12.8 Å². The van der Waals surface area contributed by atoms with Gasteiger partial charge in [0, 0.05) is 12.5 Å². The minimum atomic E-state index is -0.460. The lowest BCUT2D eigenvalue weighted by Crippen LogP contribution is -2.56. The van der Waals surface area contributed by atoms with Gasteiger partial charge in [0.25, 0.3) is 0 Å². The Hall–Kier alpha value is -0.545. The summed E-state index contributed by atoms with van der Waals surface area (Å²) in [4.78, 5) is 14.5. The molecule has 2 fully saturated rings. The Labute approximate surface area is 116 Å². The van der Waals surface area contributed by atoms with E-state index in [1.54, 1.807) is 6.82 Å². The average Bonchev–Trinajstić information content (AvgIpc) is 2.87. The van der Waals surface area contributed by atoms with Gasteiger partial charge >= 0.3 is 6.92 Å². The Morgan fingerprint density at radius 1 is 1.37 bits per heavy atom. The van der Waals surface area contributed by atoms with Crippen LogP contribution >= 0.6 is 0 Å². The minimum Gasteiger partial charge on any atom is -0.449 e. The van der Waals surface area contributed by atoms with Gasteiger partial charge in [0.1, 0.15) is 0 Å². The molecular weight excluding hydrogens is 239 g/mol. The van der Waals surface area contributed by atoms with Gasteiger partial charge in [-0.15, -0.1) is 0 Å². The molecule has 2 rings (SSSR count). The van der Waals surface area contributed by atoms with Crippen LogP contribution in [0.2, 0.25) is 6.82 Å². The minimum absolute atomic E-state index is 0.0364. The fourth-order valence-electron chi connectivity index (χ4n) is 3.71. The third kappa shape index (κ3) is 2.97. The van der Waals surface area contributed by atoms with Crippen LogP contribution in [0, 0.1) is 5.41 Å². The van der Waals surface area contributed by atoms with Gasteiger partial charge in [-0.05, 0) is 31.1 Å². The number of carbonyl (C=O) groups excluding carboxylic acids is 1. The van der Waals surface area contributed by atoms with Gasteiger partial charge in [-0.3, -0.25) is 4.79 Å². The van der Waals surface area contributed by atoms with E-state index in [-0.39, 0.29) is 17.3 Å². The summed E-state index contributed by atoms with van der Waals surface area (Å²) in [6.45, 7) is 4.21.